The average Bonchev–Trinajstić information content (AvgIpc) is 2.73. The van der Waals surface area contributed by atoms with E-state index in [0.717, 1.165) is 27.8 Å². The summed E-state index contributed by atoms with van der Waals surface area (Å²) in [5, 5.41) is 4.01. The zero-order chi connectivity index (χ0) is 20.4. The molecule has 29 heavy (non-hydrogen) atoms. The number of methoxy groups -OCH3 is 1. The Kier molecular flexibility index (Phi) is 4.90. The Hall–Kier alpha value is -3.45. The summed E-state index contributed by atoms with van der Waals surface area (Å²) in [6.07, 6.45) is 2.93. The Morgan fingerprint density at radius 3 is 2.45 bits per heavy atom. The highest BCUT2D eigenvalue weighted by Crippen LogP contribution is 2.29. The maximum atomic E-state index is 11.8. The number of anilines is 2. The van der Waals surface area contributed by atoms with Crippen molar-refractivity contribution in [1.82, 2.24) is 9.97 Å². The number of hydrogen-bond donors (Lipinski definition) is 1. The van der Waals surface area contributed by atoms with E-state index in [4.69, 9.17) is 4.74 Å². The van der Waals surface area contributed by atoms with Gasteiger partial charge in [-0.05, 0) is 35.9 Å². The second-order valence-electron chi connectivity index (χ2n) is 6.59. The highest BCUT2D eigenvalue weighted by atomic mass is 32.2. The van der Waals surface area contributed by atoms with Gasteiger partial charge in [-0.2, -0.15) is 0 Å². The summed E-state index contributed by atoms with van der Waals surface area (Å²) in [5.74, 6) is 1.18. The second kappa shape index (κ2) is 7.52. The van der Waals surface area contributed by atoms with Crippen molar-refractivity contribution in [2.24, 2.45) is 0 Å². The molecule has 0 fully saturated rings. The second-order valence-corrected chi connectivity index (χ2v) is 8.61. The predicted octanol–water partition coefficient (Wildman–Crippen LogP) is 4.45. The van der Waals surface area contributed by atoms with Gasteiger partial charge in [0, 0.05) is 29.1 Å². The number of hydrogen-bond acceptors (Lipinski definition) is 6. The number of nitrogens with zero attached hydrogens (tertiary/aromatic N) is 2. The van der Waals surface area contributed by atoms with Crippen LogP contribution in [0.3, 0.4) is 0 Å². The van der Waals surface area contributed by atoms with Gasteiger partial charge in [0.15, 0.2) is 9.84 Å². The first-order valence-corrected chi connectivity index (χ1v) is 10.8. The molecule has 1 aromatic heterocycles. The number of rotatable bonds is 5. The van der Waals surface area contributed by atoms with E-state index in [9.17, 15) is 8.42 Å². The van der Waals surface area contributed by atoms with Gasteiger partial charge in [0.25, 0.3) is 0 Å². The lowest BCUT2D eigenvalue weighted by Gasteiger charge is -2.10. The summed E-state index contributed by atoms with van der Waals surface area (Å²) in [4.78, 5) is 9.28. The minimum atomic E-state index is -3.29. The summed E-state index contributed by atoms with van der Waals surface area (Å²) in [6.45, 7) is 0. The highest BCUT2D eigenvalue weighted by molar-refractivity contribution is 7.90. The van der Waals surface area contributed by atoms with Gasteiger partial charge in [0.05, 0.1) is 17.5 Å². The maximum Gasteiger partial charge on any atom is 0.227 e. The maximum absolute atomic E-state index is 11.8. The fourth-order valence-corrected chi connectivity index (χ4v) is 3.72. The fraction of sp³-hybridized carbons (Fsp3) is 0.0909. The molecule has 0 atom stereocenters. The summed E-state index contributed by atoms with van der Waals surface area (Å²) in [6, 6.07) is 20.3. The summed E-state index contributed by atoms with van der Waals surface area (Å²) < 4.78 is 28.8. The van der Waals surface area contributed by atoms with Gasteiger partial charge in [-0.15, -0.1) is 0 Å². The van der Waals surface area contributed by atoms with Crippen LogP contribution in [0, 0.1) is 0 Å². The van der Waals surface area contributed by atoms with E-state index in [1.54, 1.807) is 37.6 Å². The van der Waals surface area contributed by atoms with Crippen LogP contribution in [0.15, 0.2) is 77.8 Å². The lowest BCUT2D eigenvalue weighted by molar-refractivity contribution is 0.415. The Bertz CT molecular complexity index is 1290. The molecule has 1 N–H and O–H groups in total. The number of para-hydroxylation sites is 1. The first kappa shape index (κ1) is 18.9. The van der Waals surface area contributed by atoms with Crippen LogP contribution in [0.25, 0.3) is 22.0 Å². The monoisotopic (exact) mass is 405 g/mol. The van der Waals surface area contributed by atoms with Crippen LogP contribution in [0.5, 0.6) is 5.75 Å². The molecule has 0 bridgehead atoms. The molecular formula is C22H19N3O3S. The van der Waals surface area contributed by atoms with Crippen molar-refractivity contribution in [2.75, 3.05) is 18.7 Å². The zero-order valence-corrected chi connectivity index (χ0v) is 16.8. The lowest BCUT2D eigenvalue weighted by atomic mass is 10.0. The molecular weight excluding hydrogens is 386 g/mol. The minimum Gasteiger partial charge on any atom is -0.497 e. The first-order chi connectivity index (χ1) is 13.9. The van der Waals surface area contributed by atoms with Crippen molar-refractivity contribution in [3.63, 3.8) is 0 Å². The van der Waals surface area contributed by atoms with Crippen LogP contribution >= 0.6 is 0 Å². The van der Waals surface area contributed by atoms with Crippen molar-refractivity contribution >= 4 is 32.4 Å². The molecule has 6 nitrogen and oxygen atoms in total. The molecule has 0 unspecified atom stereocenters. The number of nitrogens with one attached hydrogen (secondary N) is 1. The summed E-state index contributed by atoms with van der Waals surface area (Å²) in [5.41, 5.74) is 3.39. The number of ether oxygens (including phenoxy) is 1. The molecule has 4 rings (SSSR count). The van der Waals surface area contributed by atoms with E-state index in [1.807, 2.05) is 42.5 Å². The molecule has 3 aromatic carbocycles. The highest BCUT2D eigenvalue weighted by Gasteiger charge is 2.10. The number of benzene rings is 3. The van der Waals surface area contributed by atoms with Crippen molar-refractivity contribution in [1.29, 1.82) is 0 Å². The number of fused-ring (bicyclic) bond motifs is 1. The lowest BCUT2D eigenvalue weighted by Crippen LogP contribution is -2.01. The Balaban J connectivity index is 1.74. The standard InChI is InChI=1S/C22H19N3O3S/c1-28-18-11-9-15(10-12-18)20-8-3-5-16-14-23-22(25-21(16)20)24-17-6-4-7-19(13-17)29(2,26)27/h3-14H,1-2H3,(H,23,24,25). The smallest absolute Gasteiger partial charge is 0.227 e. The molecule has 0 aliphatic carbocycles. The van der Waals surface area contributed by atoms with Gasteiger partial charge in [-0.25, -0.2) is 18.4 Å². The minimum absolute atomic E-state index is 0.238. The third kappa shape index (κ3) is 4.05. The van der Waals surface area contributed by atoms with E-state index in [2.05, 4.69) is 15.3 Å². The van der Waals surface area contributed by atoms with Gasteiger partial charge in [0.1, 0.15) is 5.75 Å². The molecule has 0 amide bonds. The third-order valence-electron chi connectivity index (χ3n) is 4.53. The van der Waals surface area contributed by atoms with Gasteiger partial charge < -0.3 is 10.1 Å². The molecule has 1 heterocycles. The average molecular weight is 405 g/mol. The normalized spacial score (nSPS) is 11.4. The van der Waals surface area contributed by atoms with Crippen molar-refractivity contribution < 1.29 is 13.2 Å². The van der Waals surface area contributed by atoms with Gasteiger partial charge in [0.2, 0.25) is 5.95 Å². The van der Waals surface area contributed by atoms with E-state index in [1.165, 1.54) is 6.26 Å². The van der Waals surface area contributed by atoms with E-state index < -0.39 is 9.84 Å². The molecule has 0 saturated carbocycles. The van der Waals surface area contributed by atoms with Crippen LogP contribution in [-0.2, 0) is 9.84 Å². The first-order valence-electron chi connectivity index (χ1n) is 8.91. The van der Waals surface area contributed by atoms with Crippen LogP contribution in [-0.4, -0.2) is 31.8 Å². The molecule has 0 saturated heterocycles. The molecule has 4 aromatic rings. The molecule has 146 valence electrons. The molecule has 0 aliphatic heterocycles. The molecule has 7 heteroatoms. The van der Waals surface area contributed by atoms with Crippen LogP contribution < -0.4 is 10.1 Å². The Morgan fingerprint density at radius 1 is 0.966 bits per heavy atom. The van der Waals surface area contributed by atoms with Crippen LogP contribution in [0.2, 0.25) is 0 Å². The largest absolute Gasteiger partial charge is 0.497 e. The van der Waals surface area contributed by atoms with Crippen molar-refractivity contribution in [3.8, 4) is 16.9 Å². The summed E-state index contributed by atoms with van der Waals surface area (Å²) >= 11 is 0. The SMILES string of the molecule is COc1ccc(-c2cccc3cnc(Nc4cccc(S(C)(=O)=O)c4)nc23)cc1. The fourth-order valence-electron chi connectivity index (χ4n) is 3.05. The molecule has 0 aliphatic rings. The van der Waals surface area contributed by atoms with Gasteiger partial charge in [-0.3, -0.25) is 0 Å². The van der Waals surface area contributed by atoms with E-state index in [0.29, 0.717) is 11.6 Å². The van der Waals surface area contributed by atoms with E-state index in [-0.39, 0.29) is 4.90 Å². The predicted molar refractivity (Wildman–Crippen MR) is 114 cm³/mol. The van der Waals surface area contributed by atoms with Crippen molar-refractivity contribution in [3.05, 3.63) is 72.9 Å². The molecule has 0 radical (unpaired) electrons. The van der Waals surface area contributed by atoms with E-state index >= 15 is 0 Å². The van der Waals surface area contributed by atoms with Gasteiger partial charge in [-0.1, -0.05) is 36.4 Å². The summed E-state index contributed by atoms with van der Waals surface area (Å²) in [7, 11) is -1.66. The third-order valence-corrected chi connectivity index (χ3v) is 5.64. The Labute approximate surface area is 169 Å². The molecule has 0 spiro atoms. The van der Waals surface area contributed by atoms with Crippen molar-refractivity contribution in [2.45, 2.75) is 4.90 Å². The zero-order valence-electron chi connectivity index (χ0n) is 16.0. The number of aromatic nitrogens is 2. The topological polar surface area (TPSA) is 81.2 Å². The van der Waals surface area contributed by atoms with Crippen LogP contribution in [0.1, 0.15) is 0 Å². The number of sulfone groups is 1. The van der Waals surface area contributed by atoms with Crippen LogP contribution in [0.4, 0.5) is 11.6 Å². The quantitative estimate of drug-likeness (QED) is 0.528. The van der Waals surface area contributed by atoms with Gasteiger partial charge >= 0.3 is 0 Å². The Morgan fingerprint density at radius 2 is 1.72 bits per heavy atom.